The van der Waals surface area contributed by atoms with E-state index in [2.05, 4.69) is 23.5 Å². The van der Waals surface area contributed by atoms with Gasteiger partial charge in [-0.15, -0.1) is 11.8 Å². The lowest BCUT2D eigenvalue weighted by Gasteiger charge is -2.25. The normalized spacial score (nSPS) is 13.7. The van der Waals surface area contributed by atoms with Crippen molar-refractivity contribution < 1.29 is 24.2 Å². The van der Waals surface area contributed by atoms with Gasteiger partial charge < -0.3 is 19.9 Å². The zero-order chi connectivity index (χ0) is 24.1. The fourth-order valence-corrected chi connectivity index (χ4v) is 4.72. The van der Waals surface area contributed by atoms with Crippen LogP contribution in [0.4, 0.5) is 0 Å². The lowest BCUT2D eigenvalue weighted by Crippen LogP contribution is -2.55. The molecule has 1 aliphatic carbocycles. The average molecular weight is 478 g/mol. The van der Waals surface area contributed by atoms with E-state index in [9.17, 15) is 14.7 Å². The van der Waals surface area contributed by atoms with E-state index < -0.39 is 17.4 Å². The fraction of sp³-hybridized carbons (Fsp3) is 0.259. The van der Waals surface area contributed by atoms with Crippen LogP contribution in [-0.2, 0) is 24.1 Å². The van der Waals surface area contributed by atoms with Crippen LogP contribution in [0.3, 0.4) is 0 Å². The summed E-state index contributed by atoms with van der Waals surface area (Å²) in [6.07, 6.45) is 3.24. The van der Waals surface area contributed by atoms with Gasteiger partial charge in [0, 0.05) is 29.7 Å². The summed E-state index contributed by atoms with van der Waals surface area (Å²) in [5.41, 5.74) is 1.98. The molecule has 34 heavy (non-hydrogen) atoms. The summed E-state index contributed by atoms with van der Waals surface area (Å²) in [4.78, 5) is 26.5. The maximum absolute atomic E-state index is 13.1. The smallest absolute Gasteiger partial charge is 0.330 e. The monoisotopic (exact) mass is 477 g/mol. The number of carboxylic acids is 1. The number of ether oxygens (including phenoxy) is 2. The summed E-state index contributed by atoms with van der Waals surface area (Å²) in [5.74, 6) is -0.559. The van der Waals surface area contributed by atoms with Gasteiger partial charge in [-0.1, -0.05) is 36.4 Å². The van der Waals surface area contributed by atoms with Gasteiger partial charge in [0.2, 0.25) is 0 Å². The van der Waals surface area contributed by atoms with Crippen LogP contribution in [0.25, 0.3) is 0 Å². The van der Waals surface area contributed by atoms with Gasteiger partial charge in [0.25, 0.3) is 5.91 Å². The van der Waals surface area contributed by atoms with Crippen molar-refractivity contribution in [2.24, 2.45) is 0 Å². The molecule has 0 atom stereocenters. The van der Waals surface area contributed by atoms with E-state index in [1.807, 2.05) is 36.6 Å². The first-order chi connectivity index (χ1) is 16.4. The van der Waals surface area contributed by atoms with E-state index in [-0.39, 0.29) is 12.8 Å². The van der Waals surface area contributed by atoms with Crippen LogP contribution in [0.1, 0.15) is 27.0 Å². The summed E-state index contributed by atoms with van der Waals surface area (Å²) >= 11 is 1.69. The topological polar surface area (TPSA) is 84.9 Å². The van der Waals surface area contributed by atoms with Crippen molar-refractivity contribution in [3.05, 3.63) is 89.0 Å². The number of hydrogen-bond donors (Lipinski definition) is 2. The zero-order valence-corrected chi connectivity index (χ0v) is 20.0. The number of carboxylic acid groups (broad SMARTS) is 1. The molecule has 0 radical (unpaired) electrons. The number of amides is 1. The predicted molar refractivity (Wildman–Crippen MR) is 132 cm³/mol. The number of methoxy groups -OCH3 is 1. The SMILES string of the molecule is COc1ccc(C(=O)NC2(C(=O)O)Cc3ccccc3C2)cc1OCCc1cccc(SC)c1. The summed E-state index contributed by atoms with van der Waals surface area (Å²) in [6, 6.07) is 20.7. The largest absolute Gasteiger partial charge is 0.493 e. The van der Waals surface area contributed by atoms with Crippen LogP contribution >= 0.6 is 11.8 Å². The molecule has 1 amide bonds. The summed E-state index contributed by atoms with van der Waals surface area (Å²) in [7, 11) is 1.54. The second-order valence-electron chi connectivity index (χ2n) is 8.28. The number of hydrogen-bond acceptors (Lipinski definition) is 5. The number of nitrogens with one attached hydrogen (secondary N) is 1. The van der Waals surface area contributed by atoms with E-state index in [4.69, 9.17) is 9.47 Å². The van der Waals surface area contributed by atoms with Gasteiger partial charge in [-0.05, 0) is 53.3 Å². The highest BCUT2D eigenvalue weighted by Gasteiger charge is 2.45. The Morgan fingerprint density at radius 2 is 1.74 bits per heavy atom. The van der Waals surface area contributed by atoms with Crippen LogP contribution in [0.2, 0.25) is 0 Å². The molecule has 4 rings (SSSR count). The molecule has 0 heterocycles. The maximum atomic E-state index is 13.1. The van der Waals surface area contributed by atoms with Gasteiger partial charge in [0.15, 0.2) is 11.5 Å². The van der Waals surface area contributed by atoms with Crippen molar-refractivity contribution >= 4 is 23.6 Å². The second-order valence-corrected chi connectivity index (χ2v) is 9.16. The van der Waals surface area contributed by atoms with E-state index >= 15 is 0 Å². The third kappa shape index (κ3) is 5.04. The van der Waals surface area contributed by atoms with E-state index in [0.717, 1.165) is 16.7 Å². The number of benzene rings is 3. The highest BCUT2D eigenvalue weighted by atomic mass is 32.2. The molecule has 0 saturated heterocycles. The average Bonchev–Trinajstić information content (AvgIpc) is 3.23. The Bertz CT molecular complexity index is 1180. The number of carbonyl (C=O) groups excluding carboxylic acids is 1. The first-order valence-corrected chi connectivity index (χ1v) is 12.2. The molecule has 0 aromatic heterocycles. The molecule has 3 aromatic carbocycles. The fourth-order valence-electron chi connectivity index (χ4n) is 4.24. The Morgan fingerprint density at radius 3 is 2.38 bits per heavy atom. The van der Waals surface area contributed by atoms with E-state index in [1.165, 1.54) is 4.90 Å². The quantitative estimate of drug-likeness (QED) is 0.445. The minimum Gasteiger partial charge on any atom is -0.493 e. The van der Waals surface area contributed by atoms with Gasteiger partial charge >= 0.3 is 5.97 Å². The molecule has 0 unspecified atom stereocenters. The summed E-state index contributed by atoms with van der Waals surface area (Å²) in [5, 5.41) is 12.7. The van der Waals surface area contributed by atoms with Gasteiger partial charge in [-0.3, -0.25) is 4.79 Å². The van der Waals surface area contributed by atoms with Crippen LogP contribution in [-0.4, -0.2) is 42.5 Å². The Hall–Kier alpha value is -3.45. The number of aliphatic carboxylic acids is 1. The third-order valence-electron chi connectivity index (χ3n) is 6.07. The Labute approximate surface area is 203 Å². The molecule has 7 heteroatoms. The Morgan fingerprint density at radius 1 is 1.00 bits per heavy atom. The lowest BCUT2D eigenvalue weighted by molar-refractivity contribution is -0.144. The van der Waals surface area contributed by atoms with Crippen LogP contribution in [0.15, 0.2) is 71.6 Å². The van der Waals surface area contributed by atoms with Crippen molar-refractivity contribution in [2.75, 3.05) is 20.0 Å². The maximum Gasteiger partial charge on any atom is 0.330 e. The molecule has 6 nitrogen and oxygen atoms in total. The molecule has 0 spiro atoms. The highest BCUT2D eigenvalue weighted by molar-refractivity contribution is 7.98. The van der Waals surface area contributed by atoms with Crippen molar-refractivity contribution in [1.29, 1.82) is 0 Å². The van der Waals surface area contributed by atoms with Crippen LogP contribution in [0, 0.1) is 0 Å². The number of rotatable bonds is 9. The second kappa shape index (κ2) is 10.2. The van der Waals surface area contributed by atoms with E-state index in [0.29, 0.717) is 30.1 Å². The van der Waals surface area contributed by atoms with Crippen molar-refractivity contribution in [3.8, 4) is 11.5 Å². The molecule has 3 aromatic rings. The molecule has 0 saturated carbocycles. The minimum atomic E-state index is -1.37. The zero-order valence-electron chi connectivity index (χ0n) is 19.2. The number of fused-ring (bicyclic) bond motifs is 1. The van der Waals surface area contributed by atoms with E-state index in [1.54, 1.807) is 37.1 Å². The first kappa shape index (κ1) is 23.7. The summed E-state index contributed by atoms with van der Waals surface area (Å²) in [6.45, 7) is 0.410. The molecule has 0 fully saturated rings. The van der Waals surface area contributed by atoms with Gasteiger partial charge in [0.05, 0.1) is 13.7 Å². The predicted octanol–water partition coefficient (Wildman–Crippen LogP) is 4.39. The standard InChI is InChI=1S/C27H27NO5S/c1-32-23-11-10-19(15-24(23)33-13-12-18-6-5-9-22(14-18)34-2)25(29)28-27(26(30)31)16-20-7-3-4-8-21(20)17-27/h3-11,14-15H,12-13,16-17H2,1-2H3,(H,28,29)(H,30,31). The number of carbonyl (C=O) groups is 2. The Balaban J connectivity index is 1.48. The molecular weight excluding hydrogens is 450 g/mol. The molecule has 1 aliphatic rings. The van der Waals surface area contributed by atoms with Crippen molar-refractivity contribution in [1.82, 2.24) is 5.32 Å². The first-order valence-electron chi connectivity index (χ1n) is 11.0. The van der Waals surface area contributed by atoms with Crippen molar-refractivity contribution in [3.63, 3.8) is 0 Å². The third-order valence-corrected chi connectivity index (χ3v) is 6.80. The Kier molecular flexibility index (Phi) is 7.12. The van der Waals surface area contributed by atoms with Crippen molar-refractivity contribution in [2.45, 2.75) is 29.7 Å². The minimum absolute atomic E-state index is 0.249. The lowest BCUT2D eigenvalue weighted by atomic mass is 9.95. The van der Waals surface area contributed by atoms with Crippen LogP contribution in [0.5, 0.6) is 11.5 Å². The molecule has 0 bridgehead atoms. The van der Waals surface area contributed by atoms with Crippen LogP contribution < -0.4 is 14.8 Å². The van der Waals surface area contributed by atoms with Gasteiger partial charge in [0.1, 0.15) is 5.54 Å². The highest BCUT2D eigenvalue weighted by Crippen LogP contribution is 2.32. The number of thioether (sulfide) groups is 1. The van der Waals surface area contributed by atoms with Gasteiger partial charge in [-0.2, -0.15) is 0 Å². The molecule has 2 N–H and O–H groups in total. The molecule has 0 aliphatic heterocycles. The van der Waals surface area contributed by atoms with Gasteiger partial charge in [-0.25, -0.2) is 4.79 Å². The molecular formula is C27H27NO5S. The molecule has 176 valence electrons. The summed E-state index contributed by atoms with van der Waals surface area (Å²) < 4.78 is 11.4.